The molecule has 316 valence electrons. The predicted molar refractivity (Wildman–Crippen MR) is 240 cm³/mol. The lowest BCUT2D eigenvalue weighted by molar-refractivity contribution is -0.127. The van der Waals surface area contributed by atoms with E-state index in [1.54, 1.807) is 32.6 Å². The Kier molecular flexibility index (Phi) is 12.6. The number of hydrogen-bond donors (Lipinski definition) is 1. The van der Waals surface area contributed by atoms with Crippen LogP contribution in [0.25, 0.3) is 67.3 Å². The summed E-state index contributed by atoms with van der Waals surface area (Å²) in [6.45, 7) is 9.49. The molecule has 0 spiro atoms. The number of aryl methyl sites for hydroxylation is 2. The van der Waals surface area contributed by atoms with Crippen molar-refractivity contribution in [2.24, 2.45) is 14.1 Å². The molecule has 0 radical (unpaired) electrons. The Labute approximate surface area is 364 Å². The van der Waals surface area contributed by atoms with Crippen LogP contribution in [0.1, 0.15) is 18.9 Å². The molecule has 1 saturated heterocycles. The van der Waals surface area contributed by atoms with E-state index in [2.05, 4.69) is 77.0 Å². The first kappa shape index (κ1) is 41.6. The Morgan fingerprint density at radius 1 is 0.635 bits per heavy atom. The molecule has 1 aliphatic heterocycles. The highest BCUT2D eigenvalue weighted by Crippen LogP contribution is 2.28. The number of benzene rings is 2. The summed E-state index contributed by atoms with van der Waals surface area (Å²) in [6.07, 6.45) is 27.0. The zero-order chi connectivity index (χ0) is 43.7. The normalized spacial score (nSPS) is 13.5. The SMILES string of the molecule is C=CC(=O)N1CCCC(n2cc(-c3cnc(-c4cccc(-c5cnn(C)c5)c4)nc3)cn2)C1.C=CC(=O)NCCn1cc(-c2cnc(-c3cccc(-c4cnn(C)c4)c3)nc2)cn1. The van der Waals surface area contributed by atoms with Crippen LogP contribution in [-0.4, -0.2) is 95.4 Å². The fourth-order valence-corrected chi connectivity index (χ4v) is 7.26. The van der Waals surface area contributed by atoms with E-state index in [0.29, 0.717) is 31.3 Å². The monoisotopic (exact) mass is 838 g/mol. The standard InChI is InChI=1S/C25H25N7O.C22H21N7O/c1-3-24(33)31-9-5-8-23(17-31)32-16-22(14-29-32)20-11-26-25(27-12-20)19-7-4-6-18(10-19)21-13-28-30(2)15-21;1-3-21(30)23-7-8-29-15-20(13-27-29)18-10-24-22(25-11-18)17-6-4-5-16(9-17)19-12-26-28(2)14-19/h3-4,6-7,10-16,23H,1,5,8-9,17H2,2H3;3-6,9-15H,1,7-8H2,2H3,(H,23,30). The summed E-state index contributed by atoms with van der Waals surface area (Å²) < 4.78 is 7.28. The number of nitrogens with one attached hydrogen (secondary N) is 1. The molecule has 1 atom stereocenters. The van der Waals surface area contributed by atoms with Crippen LogP contribution < -0.4 is 5.32 Å². The zero-order valence-corrected chi connectivity index (χ0v) is 35.1. The number of carbonyl (C=O) groups excluding carboxylic acids is 2. The Morgan fingerprint density at radius 3 is 1.70 bits per heavy atom. The largest absolute Gasteiger partial charge is 0.351 e. The van der Waals surface area contributed by atoms with Crippen LogP contribution in [0.2, 0.25) is 0 Å². The Hall–Kier alpha value is -8.14. The second kappa shape index (κ2) is 19.1. The van der Waals surface area contributed by atoms with Crippen LogP contribution in [-0.2, 0) is 30.2 Å². The van der Waals surface area contributed by atoms with Gasteiger partial charge in [0, 0.05) is 128 Å². The predicted octanol–water partition coefficient (Wildman–Crippen LogP) is 6.47. The van der Waals surface area contributed by atoms with Gasteiger partial charge < -0.3 is 10.2 Å². The molecule has 1 aliphatic rings. The maximum atomic E-state index is 12.0. The third-order valence-electron chi connectivity index (χ3n) is 10.6. The van der Waals surface area contributed by atoms with E-state index >= 15 is 0 Å². The van der Waals surface area contributed by atoms with Gasteiger partial charge in [-0.15, -0.1) is 0 Å². The van der Waals surface area contributed by atoms with Crippen molar-refractivity contribution in [2.45, 2.75) is 25.4 Å². The van der Waals surface area contributed by atoms with Crippen molar-refractivity contribution in [3.05, 3.63) is 148 Å². The lowest BCUT2D eigenvalue weighted by Crippen LogP contribution is -2.39. The highest BCUT2D eigenvalue weighted by molar-refractivity contribution is 5.87. The number of carbonyl (C=O) groups is 2. The van der Waals surface area contributed by atoms with Crippen LogP contribution in [0.3, 0.4) is 0 Å². The van der Waals surface area contributed by atoms with Gasteiger partial charge in [-0.25, -0.2) is 19.9 Å². The number of aromatic nitrogens is 12. The summed E-state index contributed by atoms with van der Waals surface area (Å²) in [6, 6.07) is 16.4. The van der Waals surface area contributed by atoms with Gasteiger partial charge >= 0.3 is 0 Å². The van der Waals surface area contributed by atoms with Crippen molar-refractivity contribution in [1.82, 2.24) is 69.3 Å². The number of amides is 2. The van der Waals surface area contributed by atoms with Gasteiger partial charge in [-0.2, -0.15) is 20.4 Å². The summed E-state index contributed by atoms with van der Waals surface area (Å²) in [5.41, 5.74) is 9.80. The molecule has 2 amide bonds. The fraction of sp³-hybridized carbons (Fsp3) is 0.191. The van der Waals surface area contributed by atoms with Gasteiger partial charge in [-0.3, -0.25) is 28.3 Å². The first-order valence-corrected chi connectivity index (χ1v) is 20.4. The molecule has 2 aromatic carbocycles. The molecule has 8 aromatic rings. The number of hydrogen-bond acceptors (Lipinski definition) is 10. The lowest BCUT2D eigenvalue weighted by Gasteiger charge is -2.32. The molecule has 16 nitrogen and oxygen atoms in total. The minimum absolute atomic E-state index is 0.0244. The van der Waals surface area contributed by atoms with Crippen LogP contribution >= 0.6 is 0 Å². The minimum atomic E-state index is -0.195. The van der Waals surface area contributed by atoms with Gasteiger partial charge in [0.1, 0.15) is 0 Å². The summed E-state index contributed by atoms with van der Waals surface area (Å²) >= 11 is 0. The molecule has 0 bridgehead atoms. The van der Waals surface area contributed by atoms with Gasteiger partial charge in [0.15, 0.2) is 11.6 Å². The quantitative estimate of drug-likeness (QED) is 0.135. The molecule has 63 heavy (non-hydrogen) atoms. The Balaban J connectivity index is 0.000000174. The van der Waals surface area contributed by atoms with E-state index in [-0.39, 0.29) is 17.9 Å². The first-order chi connectivity index (χ1) is 30.7. The third kappa shape index (κ3) is 10.1. The summed E-state index contributed by atoms with van der Waals surface area (Å²) in [7, 11) is 3.80. The second-order valence-corrected chi connectivity index (χ2v) is 15.0. The summed E-state index contributed by atoms with van der Waals surface area (Å²) in [4.78, 5) is 43.3. The van der Waals surface area contributed by atoms with Crippen LogP contribution in [0.15, 0.2) is 148 Å². The van der Waals surface area contributed by atoms with E-state index in [1.165, 1.54) is 12.2 Å². The van der Waals surface area contributed by atoms with Crippen LogP contribution in [0.4, 0.5) is 0 Å². The van der Waals surface area contributed by atoms with Crippen molar-refractivity contribution in [3.63, 3.8) is 0 Å². The smallest absolute Gasteiger partial charge is 0.246 e. The summed E-state index contributed by atoms with van der Waals surface area (Å²) in [5, 5.41) is 20.1. The van der Waals surface area contributed by atoms with Crippen molar-refractivity contribution in [3.8, 4) is 67.3 Å². The molecule has 7 heterocycles. The van der Waals surface area contributed by atoms with E-state index in [9.17, 15) is 9.59 Å². The third-order valence-corrected chi connectivity index (χ3v) is 10.6. The maximum Gasteiger partial charge on any atom is 0.246 e. The highest BCUT2D eigenvalue weighted by Gasteiger charge is 2.24. The van der Waals surface area contributed by atoms with Gasteiger partial charge in [-0.05, 0) is 48.3 Å². The number of rotatable bonds is 12. The Bertz CT molecular complexity index is 2850. The van der Waals surface area contributed by atoms with E-state index in [0.717, 1.165) is 75.0 Å². The topological polar surface area (TPSA) is 172 Å². The van der Waals surface area contributed by atoms with E-state index < -0.39 is 0 Å². The van der Waals surface area contributed by atoms with Gasteiger partial charge in [0.25, 0.3) is 0 Å². The minimum Gasteiger partial charge on any atom is -0.351 e. The molecule has 1 N–H and O–H groups in total. The number of piperidine rings is 1. The van der Waals surface area contributed by atoms with Crippen molar-refractivity contribution in [1.29, 1.82) is 0 Å². The van der Waals surface area contributed by atoms with Crippen molar-refractivity contribution >= 4 is 11.8 Å². The average Bonchev–Trinajstić information content (AvgIpc) is 4.18. The molecule has 16 heteroatoms. The average molecular weight is 839 g/mol. The summed E-state index contributed by atoms with van der Waals surface area (Å²) in [5.74, 6) is 1.11. The zero-order valence-electron chi connectivity index (χ0n) is 35.1. The van der Waals surface area contributed by atoms with Gasteiger partial charge in [-0.1, -0.05) is 49.6 Å². The fourth-order valence-electron chi connectivity index (χ4n) is 7.26. The Morgan fingerprint density at radius 2 is 1.16 bits per heavy atom. The molecular formula is C47H46N14O2. The van der Waals surface area contributed by atoms with E-state index in [4.69, 9.17) is 0 Å². The molecule has 1 unspecified atom stereocenters. The van der Waals surface area contributed by atoms with Crippen molar-refractivity contribution < 1.29 is 9.59 Å². The molecular weight excluding hydrogens is 793 g/mol. The molecule has 6 aromatic heterocycles. The first-order valence-electron chi connectivity index (χ1n) is 20.4. The lowest BCUT2D eigenvalue weighted by atomic mass is 10.1. The number of likely N-dealkylation sites (tertiary alicyclic amines) is 1. The van der Waals surface area contributed by atoms with Gasteiger partial charge in [0.2, 0.25) is 11.8 Å². The van der Waals surface area contributed by atoms with Crippen LogP contribution in [0, 0.1) is 0 Å². The second-order valence-electron chi connectivity index (χ2n) is 15.0. The van der Waals surface area contributed by atoms with Gasteiger partial charge in [0.05, 0.1) is 37.4 Å². The molecule has 0 aliphatic carbocycles. The van der Waals surface area contributed by atoms with Crippen molar-refractivity contribution in [2.75, 3.05) is 19.6 Å². The molecule has 9 rings (SSSR count). The maximum absolute atomic E-state index is 12.0. The highest BCUT2D eigenvalue weighted by atomic mass is 16.2. The molecule has 1 fully saturated rings. The van der Waals surface area contributed by atoms with Crippen LogP contribution in [0.5, 0.6) is 0 Å². The van der Waals surface area contributed by atoms with E-state index in [1.807, 2.05) is 110 Å². The molecule has 0 saturated carbocycles. The number of nitrogens with zero attached hydrogens (tertiary/aromatic N) is 13.